The number of carbonyl (C=O) groups is 2. The number of nitrogens with zero attached hydrogens (tertiary/aromatic N) is 2. The topological polar surface area (TPSA) is 70.0 Å². The number of halogens is 2. The molecule has 2 aliphatic rings. The normalized spacial score (nSPS) is 21.7. The van der Waals surface area contributed by atoms with Crippen molar-refractivity contribution < 1.29 is 14.7 Å². The maximum Gasteiger partial charge on any atom is 0.303 e. The number of hydrogen-bond donors (Lipinski definition) is 1. The zero-order valence-corrected chi connectivity index (χ0v) is 18.3. The second-order valence-electron chi connectivity index (χ2n) is 7.77. The summed E-state index contributed by atoms with van der Waals surface area (Å²) in [5, 5.41) is 16.4. The Morgan fingerprint density at radius 1 is 1.06 bits per heavy atom. The Balaban J connectivity index is 1.75. The third-order valence-electron chi connectivity index (χ3n) is 5.77. The monoisotopic (exact) mass is 456 g/mol. The first-order chi connectivity index (χ1) is 15.0. The average molecular weight is 457 g/mol. The number of amides is 1. The molecule has 1 heterocycles. The van der Waals surface area contributed by atoms with Gasteiger partial charge in [0.1, 0.15) is 0 Å². The van der Waals surface area contributed by atoms with E-state index < -0.39 is 5.97 Å². The van der Waals surface area contributed by atoms with Crippen molar-refractivity contribution in [1.29, 1.82) is 0 Å². The number of hydrazone groups is 1. The first-order valence-corrected chi connectivity index (χ1v) is 11.0. The summed E-state index contributed by atoms with van der Waals surface area (Å²) in [5.41, 5.74) is 3.65. The van der Waals surface area contributed by atoms with E-state index in [4.69, 9.17) is 33.4 Å². The van der Waals surface area contributed by atoms with Gasteiger partial charge in [-0.15, -0.1) is 0 Å². The zero-order chi connectivity index (χ0) is 22.0. The highest BCUT2D eigenvalue weighted by Crippen LogP contribution is 2.46. The Labute approximate surface area is 191 Å². The summed E-state index contributed by atoms with van der Waals surface area (Å²) in [6.45, 7) is 0. The van der Waals surface area contributed by atoms with Crippen molar-refractivity contribution in [3.8, 4) is 0 Å². The Morgan fingerprint density at radius 2 is 1.77 bits per heavy atom. The van der Waals surface area contributed by atoms with Crippen LogP contribution in [-0.4, -0.2) is 27.7 Å². The fraction of sp³-hybridized carbons (Fsp3) is 0.292. The number of fused-ring (bicyclic) bond motifs is 1. The molecule has 2 atom stereocenters. The second kappa shape index (κ2) is 9.25. The molecular weight excluding hydrogens is 435 g/mol. The fourth-order valence-corrected chi connectivity index (χ4v) is 4.78. The van der Waals surface area contributed by atoms with Crippen LogP contribution in [0.5, 0.6) is 0 Å². The van der Waals surface area contributed by atoms with E-state index in [2.05, 4.69) is 0 Å². The van der Waals surface area contributed by atoms with Crippen molar-refractivity contribution in [1.82, 2.24) is 5.01 Å². The summed E-state index contributed by atoms with van der Waals surface area (Å²) in [6, 6.07) is 14.7. The van der Waals surface area contributed by atoms with Gasteiger partial charge in [-0.1, -0.05) is 59.6 Å². The lowest BCUT2D eigenvalue weighted by Crippen LogP contribution is -2.32. The summed E-state index contributed by atoms with van der Waals surface area (Å²) >= 11 is 12.9. The fourth-order valence-electron chi connectivity index (χ4n) is 4.34. The quantitative estimate of drug-likeness (QED) is 0.601. The Hall–Kier alpha value is -2.63. The van der Waals surface area contributed by atoms with Crippen LogP contribution in [0.15, 0.2) is 59.2 Å². The molecule has 1 N–H and O–H groups in total. The van der Waals surface area contributed by atoms with Crippen LogP contribution in [0, 0.1) is 5.92 Å². The molecule has 0 radical (unpaired) electrons. The van der Waals surface area contributed by atoms with E-state index in [1.807, 2.05) is 48.5 Å². The molecule has 31 heavy (non-hydrogen) atoms. The van der Waals surface area contributed by atoms with Gasteiger partial charge in [0.15, 0.2) is 0 Å². The highest BCUT2D eigenvalue weighted by atomic mass is 35.5. The van der Waals surface area contributed by atoms with E-state index in [1.54, 1.807) is 6.07 Å². The second-order valence-corrected chi connectivity index (χ2v) is 8.59. The summed E-state index contributed by atoms with van der Waals surface area (Å²) in [7, 11) is 0. The van der Waals surface area contributed by atoms with Gasteiger partial charge in [-0.25, -0.2) is 5.01 Å². The molecule has 160 valence electrons. The van der Waals surface area contributed by atoms with Crippen molar-refractivity contribution in [3.63, 3.8) is 0 Å². The number of aliphatic carboxylic acids is 1. The molecule has 0 aromatic heterocycles. The van der Waals surface area contributed by atoms with Crippen LogP contribution in [-0.2, 0) is 9.59 Å². The molecule has 1 fully saturated rings. The highest BCUT2D eigenvalue weighted by molar-refractivity contribution is 6.32. The third kappa shape index (κ3) is 4.53. The SMILES string of the molecule is O=C(O)CCC(=O)N1N=C2/C(=C/c3ccccc3Cl)CCC[C@@H]2[C@@H]1c1ccccc1Cl. The molecule has 0 saturated heterocycles. The Kier molecular flexibility index (Phi) is 6.44. The molecular formula is C24H22Cl2N2O3. The molecule has 1 aliphatic heterocycles. The Bertz CT molecular complexity index is 1080. The van der Waals surface area contributed by atoms with Crippen molar-refractivity contribution in [3.05, 3.63) is 75.3 Å². The number of hydrogen-bond acceptors (Lipinski definition) is 3. The van der Waals surface area contributed by atoms with Crippen molar-refractivity contribution in [2.75, 3.05) is 0 Å². The van der Waals surface area contributed by atoms with E-state index in [0.29, 0.717) is 10.0 Å². The third-order valence-corrected chi connectivity index (χ3v) is 6.46. The number of rotatable bonds is 5. The van der Waals surface area contributed by atoms with Crippen LogP contribution < -0.4 is 0 Å². The van der Waals surface area contributed by atoms with E-state index in [9.17, 15) is 9.59 Å². The van der Waals surface area contributed by atoms with Crippen molar-refractivity contribution in [2.45, 2.75) is 38.1 Å². The van der Waals surface area contributed by atoms with Gasteiger partial charge in [0.05, 0.1) is 18.2 Å². The number of carboxylic acid groups (broad SMARTS) is 1. The summed E-state index contributed by atoms with van der Waals surface area (Å²) in [5.74, 6) is -1.33. The van der Waals surface area contributed by atoms with Crippen LogP contribution in [0.4, 0.5) is 0 Å². The molecule has 2 aromatic rings. The average Bonchev–Trinajstić information content (AvgIpc) is 3.14. The molecule has 0 spiro atoms. The first-order valence-electron chi connectivity index (χ1n) is 10.3. The van der Waals surface area contributed by atoms with Gasteiger partial charge in [-0.2, -0.15) is 5.10 Å². The Morgan fingerprint density at radius 3 is 2.48 bits per heavy atom. The molecule has 0 bridgehead atoms. The van der Waals surface area contributed by atoms with Gasteiger partial charge < -0.3 is 5.11 Å². The van der Waals surface area contributed by atoms with Crippen LogP contribution in [0.2, 0.25) is 10.0 Å². The minimum absolute atomic E-state index is 0.00355. The van der Waals surface area contributed by atoms with Crippen molar-refractivity contribution >= 4 is 46.9 Å². The van der Waals surface area contributed by atoms with Crippen molar-refractivity contribution in [2.24, 2.45) is 11.0 Å². The van der Waals surface area contributed by atoms with E-state index in [1.165, 1.54) is 5.01 Å². The number of benzene rings is 2. The van der Waals surface area contributed by atoms with Gasteiger partial charge in [0, 0.05) is 22.4 Å². The maximum atomic E-state index is 13.0. The smallest absolute Gasteiger partial charge is 0.303 e. The summed E-state index contributed by atoms with van der Waals surface area (Å²) < 4.78 is 0. The van der Waals surface area contributed by atoms with Gasteiger partial charge in [-0.3, -0.25) is 9.59 Å². The molecule has 4 rings (SSSR count). The van der Waals surface area contributed by atoms with Gasteiger partial charge >= 0.3 is 5.97 Å². The van der Waals surface area contributed by atoms with E-state index in [-0.39, 0.29) is 30.7 Å². The molecule has 5 nitrogen and oxygen atoms in total. The van der Waals surface area contributed by atoms with Gasteiger partial charge in [0.25, 0.3) is 0 Å². The van der Waals surface area contributed by atoms with E-state index in [0.717, 1.165) is 41.7 Å². The van der Waals surface area contributed by atoms with Crippen LogP contribution >= 0.6 is 23.2 Å². The lowest BCUT2D eigenvalue weighted by molar-refractivity contribution is -0.141. The first kappa shape index (κ1) is 21.6. The lowest BCUT2D eigenvalue weighted by Gasteiger charge is -2.30. The predicted molar refractivity (Wildman–Crippen MR) is 122 cm³/mol. The van der Waals surface area contributed by atoms with Gasteiger partial charge in [-0.05, 0) is 54.2 Å². The number of carboxylic acids is 1. The predicted octanol–water partition coefficient (Wildman–Crippen LogP) is 5.98. The minimum atomic E-state index is -1.01. The molecule has 1 saturated carbocycles. The molecule has 7 heteroatoms. The van der Waals surface area contributed by atoms with E-state index >= 15 is 0 Å². The molecule has 2 aromatic carbocycles. The molecule has 1 aliphatic carbocycles. The summed E-state index contributed by atoms with van der Waals surface area (Å²) in [6.07, 6.45) is 4.37. The van der Waals surface area contributed by atoms with Crippen LogP contribution in [0.3, 0.4) is 0 Å². The minimum Gasteiger partial charge on any atom is -0.481 e. The maximum absolute atomic E-state index is 13.0. The molecule has 1 amide bonds. The largest absolute Gasteiger partial charge is 0.481 e. The zero-order valence-electron chi connectivity index (χ0n) is 16.8. The van der Waals surface area contributed by atoms with Gasteiger partial charge in [0.2, 0.25) is 5.91 Å². The number of carbonyl (C=O) groups excluding carboxylic acids is 1. The standard InChI is InChI=1S/C24H22Cl2N2O3/c25-19-10-3-1-6-15(19)14-16-7-5-9-18-23(16)27-28(21(29)12-13-22(30)31)24(18)17-8-2-4-11-20(17)26/h1-4,6,8,10-11,14,18,24H,5,7,9,12-13H2,(H,30,31)/b16-14+/t18-,24-/m0/s1. The number of allylic oxidation sites excluding steroid dienone is 1. The van der Waals surface area contributed by atoms with Crippen LogP contribution in [0.25, 0.3) is 6.08 Å². The molecule has 0 unspecified atom stereocenters. The summed E-state index contributed by atoms with van der Waals surface area (Å²) in [4.78, 5) is 24.0. The van der Waals surface area contributed by atoms with Crippen LogP contribution in [0.1, 0.15) is 49.3 Å². The highest BCUT2D eigenvalue weighted by Gasteiger charge is 2.44. The lowest BCUT2D eigenvalue weighted by atomic mass is 9.77.